The van der Waals surface area contributed by atoms with E-state index in [-0.39, 0.29) is 23.6 Å². The zero-order valence-electron chi connectivity index (χ0n) is 14.7. The summed E-state index contributed by atoms with van der Waals surface area (Å²) in [7, 11) is -2.21. The highest BCUT2D eigenvalue weighted by atomic mass is 32.2. The van der Waals surface area contributed by atoms with Crippen LogP contribution in [0.15, 0.2) is 29.2 Å². The number of benzene rings is 1. The Hall–Kier alpha value is -1.97. The largest absolute Gasteiger partial charge is 0.480 e. The second-order valence-electron chi connectivity index (χ2n) is 6.32. The molecule has 2 rings (SSSR count). The fourth-order valence-electron chi connectivity index (χ4n) is 2.98. The van der Waals surface area contributed by atoms with Gasteiger partial charge in [-0.15, -0.1) is 0 Å². The number of sulfonamides is 1. The number of ether oxygens (including phenoxy) is 1. The van der Waals surface area contributed by atoms with Crippen molar-refractivity contribution in [2.75, 3.05) is 20.3 Å². The van der Waals surface area contributed by atoms with Crippen LogP contribution in [0.25, 0.3) is 0 Å². The lowest BCUT2D eigenvalue weighted by molar-refractivity contribution is -0.145. The van der Waals surface area contributed by atoms with Crippen molar-refractivity contribution in [1.29, 1.82) is 0 Å². The van der Waals surface area contributed by atoms with E-state index in [1.807, 2.05) is 0 Å². The summed E-state index contributed by atoms with van der Waals surface area (Å²) in [5, 5.41) is 12.2. The van der Waals surface area contributed by atoms with E-state index >= 15 is 0 Å². The minimum atomic E-state index is -3.68. The average Bonchev–Trinajstić information content (AvgIpc) is 2.62. The van der Waals surface area contributed by atoms with E-state index in [0.717, 1.165) is 19.3 Å². The van der Waals surface area contributed by atoms with Gasteiger partial charge in [0.05, 0.1) is 11.5 Å². The molecule has 3 N–H and O–H groups in total. The third-order valence-electron chi connectivity index (χ3n) is 4.49. The van der Waals surface area contributed by atoms with Gasteiger partial charge in [0, 0.05) is 19.2 Å². The molecule has 0 aliphatic heterocycles. The molecular weight excluding hydrogens is 360 g/mol. The number of nitrogens with one attached hydrogen (secondary N) is 2. The minimum Gasteiger partial charge on any atom is -0.480 e. The Balaban J connectivity index is 2.09. The predicted molar refractivity (Wildman–Crippen MR) is 94.4 cm³/mol. The lowest BCUT2D eigenvalue weighted by atomic mass is 9.81. The molecular formula is C17H24N2O6S. The second kappa shape index (κ2) is 8.61. The van der Waals surface area contributed by atoms with Gasteiger partial charge in [-0.3, -0.25) is 4.79 Å². The normalized spacial score (nSPS) is 16.8. The SMILES string of the molecule is COCCNS(=O)(=O)c1ccc(C(=O)NC2(C(=O)O)CCCCC2)cc1. The van der Waals surface area contributed by atoms with Crippen molar-refractivity contribution in [2.45, 2.75) is 42.5 Å². The van der Waals surface area contributed by atoms with Crippen molar-refractivity contribution in [2.24, 2.45) is 0 Å². The number of methoxy groups -OCH3 is 1. The molecule has 1 aromatic rings. The molecule has 0 saturated heterocycles. The van der Waals surface area contributed by atoms with Gasteiger partial charge in [-0.05, 0) is 37.1 Å². The molecule has 0 atom stereocenters. The van der Waals surface area contributed by atoms with Crippen molar-refractivity contribution in [3.63, 3.8) is 0 Å². The topological polar surface area (TPSA) is 122 Å². The van der Waals surface area contributed by atoms with Gasteiger partial charge in [-0.2, -0.15) is 0 Å². The van der Waals surface area contributed by atoms with E-state index in [1.165, 1.54) is 31.4 Å². The third kappa shape index (κ3) is 4.80. The number of amides is 1. The maximum absolute atomic E-state index is 12.4. The number of hydrogen-bond acceptors (Lipinski definition) is 5. The first-order valence-corrected chi connectivity index (χ1v) is 9.94. The number of aliphatic carboxylic acids is 1. The number of rotatable bonds is 8. The second-order valence-corrected chi connectivity index (χ2v) is 8.08. The van der Waals surface area contributed by atoms with Crippen LogP contribution in [0.3, 0.4) is 0 Å². The predicted octanol–water partition coefficient (Wildman–Crippen LogP) is 1.13. The molecule has 1 saturated carbocycles. The fourth-order valence-corrected chi connectivity index (χ4v) is 4.00. The number of hydrogen-bond donors (Lipinski definition) is 3. The Kier molecular flexibility index (Phi) is 6.74. The van der Waals surface area contributed by atoms with E-state index < -0.39 is 27.4 Å². The molecule has 1 aliphatic rings. The summed E-state index contributed by atoms with van der Waals surface area (Å²) < 4.78 is 31.4. The van der Waals surface area contributed by atoms with Crippen LogP contribution in [-0.2, 0) is 19.6 Å². The monoisotopic (exact) mass is 384 g/mol. The van der Waals surface area contributed by atoms with Crippen LogP contribution in [0.1, 0.15) is 42.5 Å². The number of carboxylic acids is 1. The lowest BCUT2D eigenvalue weighted by Crippen LogP contribution is -2.55. The third-order valence-corrected chi connectivity index (χ3v) is 5.97. The maximum Gasteiger partial charge on any atom is 0.329 e. The molecule has 0 unspecified atom stereocenters. The molecule has 1 aromatic carbocycles. The van der Waals surface area contributed by atoms with E-state index in [9.17, 15) is 23.1 Å². The Labute approximate surface area is 153 Å². The first-order chi connectivity index (χ1) is 12.3. The van der Waals surface area contributed by atoms with Crippen molar-refractivity contribution >= 4 is 21.9 Å². The quantitative estimate of drug-likeness (QED) is 0.578. The van der Waals surface area contributed by atoms with Crippen LogP contribution < -0.4 is 10.0 Å². The molecule has 144 valence electrons. The average molecular weight is 384 g/mol. The minimum absolute atomic E-state index is 0.0239. The highest BCUT2D eigenvalue weighted by molar-refractivity contribution is 7.89. The first kappa shape index (κ1) is 20.3. The zero-order valence-corrected chi connectivity index (χ0v) is 15.5. The van der Waals surface area contributed by atoms with Gasteiger partial charge in [0.1, 0.15) is 5.54 Å². The molecule has 26 heavy (non-hydrogen) atoms. The molecule has 9 heteroatoms. The highest BCUT2D eigenvalue weighted by Crippen LogP contribution is 2.29. The summed E-state index contributed by atoms with van der Waals surface area (Å²) in [6.45, 7) is 0.388. The van der Waals surface area contributed by atoms with Crippen molar-refractivity contribution in [3.8, 4) is 0 Å². The van der Waals surface area contributed by atoms with Gasteiger partial charge in [-0.25, -0.2) is 17.9 Å². The van der Waals surface area contributed by atoms with E-state index in [2.05, 4.69) is 10.0 Å². The van der Waals surface area contributed by atoms with Crippen molar-refractivity contribution < 1.29 is 27.9 Å². The highest BCUT2D eigenvalue weighted by Gasteiger charge is 2.41. The Morgan fingerprint density at radius 3 is 2.31 bits per heavy atom. The van der Waals surface area contributed by atoms with Gasteiger partial charge in [0.15, 0.2) is 0 Å². The van der Waals surface area contributed by atoms with Crippen molar-refractivity contribution in [3.05, 3.63) is 29.8 Å². The molecule has 0 spiro atoms. The molecule has 0 bridgehead atoms. The van der Waals surface area contributed by atoms with Gasteiger partial charge in [-0.1, -0.05) is 19.3 Å². The summed E-state index contributed by atoms with van der Waals surface area (Å²) in [6.07, 6.45) is 3.23. The number of carbonyl (C=O) groups excluding carboxylic acids is 1. The maximum atomic E-state index is 12.4. The molecule has 0 radical (unpaired) electrons. The first-order valence-electron chi connectivity index (χ1n) is 8.45. The Morgan fingerprint density at radius 2 is 1.77 bits per heavy atom. The van der Waals surface area contributed by atoms with E-state index in [4.69, 9.17) is 4.74 Å². The lowest BCUT2D eigenvalue weighted by Gasteiger charge is -2.34. The molecule has 0 aromatic heterocycles. The van der Waals surface area contributed by atoms with Crippen LogP contribution in [-0.4, -0.2) is 51.2 Å². The van der Waals surface area contributed by atoms with Crippen LogP contribution in [0.2, 0.25) is 0 Å². The van der Waals surface area contributed by atoms with Gasteiger partial charge in [0.25, 0.3) is 5.91 Å². The van der Waals surface area contributed by atoms with Gasteiger partial charge in [0.2, 0.25) is 10.0 Å². The van der Waals surface area contributed by atoms with Crippen LogP contribution in [0.4, 0.5) is 0 Å². The zero-order chi connectivity index (χ0) is 19.2. The standard InChI is InChI=1S/C17H24N2O6S/c1-25-12-11-18-26(23,24)14-7-5-13(6-8-14)15(20)19-17(16(21)22)9-3-2-4-10-17/h5-8,18H,2-4,9-12H2,1H3,(H,19,20)(H,21,22). The van der Waals surface area contributed by atoms with Gasteiger partial charge < -0.3 is 15.2 Å². The Morgan fingerprint density at radius 1 is 1.15 bits per heavy atom. The number of carboxylic acid groups (broad SMARTS) is 1. The molecule has 1 aliphatic carbocycles. The van der Waals surface area contributed by atoms with E-state index in [0.29, 0.717) is 12.8 Å². The van der Waals surface area contributed by atoms with Crippen LogP contribution in [0, 0.1) is 0 Å². The van der Waals surface area contributed by atoms with Crippen LogP contribution in [0.5, 0.6) is 0 Å². The molecule has 8 nitrogen and oxygen atoms in total. The summed E-state index contributed by atoms with van der Waals surface area (Å²) in [5.41, 5.74) is -1.03. The molecule has 1 amide bonds. The fraction of sp³-hybridized carbons (Fsp3) is 0.529. The number of carbonyl (C=O) groups is 2. The van der Waals surface area contributed by atoms with Crippen molar-refractivity contribution in [1.82, 2.24) is 10.0 Å². The summed E-state index contributed by atoms with van der Waals surface area (Å²) in [6, 6.07) is 5.38. The molecule has 0 heterocycles. The summed E-state index contributed by atoms with van der Waals surface area (Å²) in [4.78, 5) is 24.1. The smallest absolute Gasteiger partial charge is 0.329 e. The van der Waals surface area contributed by atoms with Gasteiger partial charge >= 0.3 is 5.97 Å². The molecule has 1 fully saturated rings. The summed E-state index contributed by atoms with van der Waals surface area (Å²) in [5.74, 6) is -1.56. The van der Waals surface area contributed by atoms with E-state index in [1.54, 1.807) is 0 Å². The van der Waals surface area contributed by atoms with Crippen LogP contribution >= 0.6 is 0 Å². The Bertz CT molecular complexity index is 739. The summed E-state index contributed by atoms with van der Waals surface area (Å²) >= 11 is 0.